The zero-order valence-corrected chi connectivity index (χ0v) is 74.0. The number of rotatable bonds is 21. The fourth-order valence-corrected chi connectivity index (χ4v) is 23.5. The summed E-state index contributed by atoms with van der Waals surface area (Å²) in [7, 11) is -12.4. The van der Waals surface area contributed by atoms with Crippen molar-refractivity contribution < 1.29 is 68.2 Å². The summed E-state index contributed by atoms with van der Waals surface area (Å²) in [5, 5.41) is 27.4. The summed E-state index contributed by atoms with van der Waals surface area (Å²) in [5.41, 5.74) is -6.75. The monoisotopic (exact) mass is 1770 g/mol. The Morgan fingerprint density at radius 3 is 1.15 bits per heavy atom. The van der Waals surface area contributed by atoms with Gasteiger partial charge in [0.15, 0.2) is 31.1 Å². The standard InChI is InChI=1S/C22H36N5O7PS.C14H21N3O5S.C13H19N3O6S.C13H19N3O3.C12H17N3O4/c1-9-22-13-26(36(8,30)31)17(20(33-22)25-12-16(6)19(28)24-21(25)29)18(22)34-35(32-11-10-23-7)27(14(2)3)15(4)5;1-5-14-7-17(23(4,20)21)10(9(14)3)12(22-14)16-6-8(2)11(18)15-13(16)19;1-4-13-6-16(23(3,20)21)8(9(13)17)11(22-13)15-5-7(2)10(18)14-12(15)19;1-4-13-6-14-9(8(13)3)11(19-13)16-5-7(2)10(17)15-12(16)18;1-3-12-5-13-7(8(12)16)10(19-12)15-4-6(2)9(17)14-11(15)18/h12,14-15,17-18,20H,9-11,13H2,1-6,8H3,(H,24,28,29);6,9-10,12H,5,7H2,1-4H3,(H,15,18,19);5,8-9,11,17H,4,6H2,1-3H3,(H,14,18,19);5,8-9,11,14H,4,6H2,1-3H3,(H,15,17,18);4,7-8,10,13,16H,3,5H2,1-2H3,(H,14,17,18)/t17-,18+,20-,22+,35?;9-,10+,12+,14-;8-,9+,11-,13+;8-,9+,11+,13-;7-,8+,10-,12+/m10101/s1. The lowest BCUT2D eigenvalue weighted by atomic mass is 9.88. The van der Waals surface area contributed by atoms with Gasteiger partial charge in [-0.25, -0.2) is 60.5 Å². The number of ether oxygens (including phenoxy) is 5. The highest BCUT2D eigenvalue weighted by atomic mass is 32.2. The largest absolute Gasteiger partial charge is 0.388 e. The lowest BCUT2D eigenvalue weighted by molar-refractivity contribution is -0.126. The number of fused-ring (bicyclic) bond motifs is 10. The number of aryl methyl sites for hydroxylation is 5. The van der Waals surface area contributed by atoms with E-state index in [-0.39, 0.29) is 73.7 Å². The molecule has 10 saturated heterocycles. The molecule has 0 amide bonds. The van der Waals surface area contributed by atoms with Gasteiger partial charge in [0.05, 0.1) is 60.2 Å². The summed E-state index contributed by atoms with van der Waals surface area (Å²) in [5.74, 6) is 0.299. The third kappa shape index (κ3) is 16.9. The molecule has 1 unspecified atom stereocenters. The van der Waals surface area contributed by atoms with Crippen LogP contribution in [0.1, 0.15) is 167 Å². The number of nitrogens with zero attached hydrogens (tertiary/aromatic N) is 10. The van der Waals surface area contributed by atoms with Gasteiger partial charge in [0, 0.05) is 115 Å². The molecule has 666 valence electrons. The van der Waals surface area contributed by atoms with Gasteiger partial charge in [-0.2, -0.15) is 12.9 Å². The number of sulfonamides is 3. The summed E-state index contributed by atoms with van der Waals surface area (Å²) >= 11 is 0. The average molecular weight is 1770 g/mol. The number of hydrogen-bond acceptors (Lipinski definition) is 28. The SMILES string of the molecule is CC[C@@]12CN(S(C)(=O)=O)[C@@H]([C@H](n3cc(C)c(=O)[nH]c3=O)O1)[C@@H]2C.CC[C@@]12CN(S(C)(=O)=O)[C@@H]([C@H](n3cc(C)c(=O)[nH]c3=O)O1)[C@@H]2O.CC[C@@]12CN[C@@H]([C@H](n3cc(C)c(=O)[nH]c3=O)O1)[C@@H]2C.CC[C@@]12CN[C@@H]([C@H](n3cc(C)c(=O)[nH]c3=O)O1)[C@@H]2O.[C-]#[N+]CCOP(O[C@H]1[C@@H]2[C@H](n3cc(C)c(=O)[nH]c3=O)O[C@@]1(CC)CN2S(C)(=O)=O)N(C(C)C)C(C)C. The molecule has 21 atom stereocenters. The quantitative estimate of drug-likeness (QED) is 0.0245. The number of aliphatic hydroxyl groups is 2. The normalized spacial score (nSPS) is 33.0. The smallest absolute Gasteiger partial charge is 0.330 e. The Balaban J connectivity index is 0.000000150. The van der Waals surface area contributed by atoms with Crippen molar-refractivity contribution in [3.8, 4) is 0 Å². The molecule has 10 bridgehead atoms. The molecule has 5 aromatic heterocycles. The summed E-state index contributed by atoms with van der Waals surface area (Å²) in [6, 6.07) is -2.36. The minimum Gasteiger partial charge on any atom is -0.388 e. The van der Waals surface area contributed by atoms with Gasteiger partial charge in [-0.15, -0.1) is 0 Å². The minimum atomic E-state index is -3.70. The molecule has 0 saturated carbocycles. The van der Waals surface area contributed by atoms with Crippen LogP contribution >= 0.6 is 8.53 Å². The molecule has 10 aliphatic heterocycles. The first-order valence-electron chi connectivity index (χ1n) is 39.9. The predicted molar refractivity (Wildman–Crippen MR) is 437 cm³/mol. The second-order valence-electron chi connectivity index (χ2n) is 33.3. The van der Waals surface area contributed by atoms with Crippen LogP contribution in [0.3, 0.4) is 0 Å². The van der Waals surface area contributed by atoms with E-state index in [1.165, 1.54) is 69.2 Å². The fraction of sp³-hybridized carbons (Fsp3) is 0.716. The van der Waals surface area contributed by atoms with Gasteiger partial charge in [-0.3, -0.25) is 71.7 Å². The first-order chi connectivity index (χ1) is 55.9. The van der Waals surface area contributed by atoms with Crippen LogP contribution < -0.4 is 66.9 Å². The van der Waals surface area contributed by atoms with Gasteiger partial charge in [-0.05, 0) is 94.4 Å². The van der Waals surface area contributed by atoms with Crippen molar-refractivity contribution in [2.45, 2.75) is 263 Å². The highest BCUT2D eigenvalue weighted by molar-refractivity contribution is 7.88. The topological polar surface area (TPSA) is 523 Å². The molecule has 9 N–H and O–H groups in total. The maximum Gasteiger partial charge on any atom is 0.330 e. The van der Waals surface area contributed by atoms with Gasteiger partial charge >= 0.3 is 28.4 Å². The van der Waals surface area contributed by atoms with Gasteiger partial charge < -0.3 is 58.4 Å². The van der Waals surface area contributed by atoms with Crippen LogP contribution in [0, 0.1) is 53.0 Å². The number of aromatic nitrogens is 10. The van der Waals surface area contributed by atoms with E-state index in [4.69, 9.17) is 39.3 Å². The minimum absolute atomic E-state index is 0.0434. The van der Waals surface area contributed by atoms with Gasteiger partial charge in [0.2, 0.25) is 36.6 Å². The maximum absolute atomic E-state index is 12.9. The van der Waals surface area contributed by atoms with E-state index in [0.29, 0.717) is 72.5 Å². The van der Waals surface area contributed by atoms with E-state index in [1.807, 2.05) is 55.4 Å². The lowest BCUT2D eigenvalue weighted by Crippen LogP contribution is -2.50. The highest BCUT2D eigenvalue weighted by Crippen LogP contribution is 2.58. The zero-order chi connectivity index (χ0) is 88.9. The molecule has 46 heteroatoms. The summed E-state index contributed by atoms with van der Waals surface area (Å²) in [4.78, 5) is 133. The van der Waals surface area contributed by atoms with Crippen LogP contribution in [0.4, 0.5) is 0 Å². The molecule has 15 rings (SSSR count). The average Bonchev–Trinajstić information content (AvgIpc) is 1.55. The second-order valence-corrected chi connectivity index (χ2v) is 40.5. The molecule has 42 nitrogen and oxygen atoms in total. The molecule has 0 radical (unpaired) electrons. The molecule has 0 aliphatic carbocycles. The number of nitrogens with one attached hydrogen (secondary N) is 7. The molecule has 15 heterocycles. The second kappa shape index (κ2) is 34.6. The summed E-state index contributed by atoms with van der Waals surface area (Å²) in [6.07, 6.45) is 7.46. The molecule has 10 fully saturated rings. The number of H-pyrrole nitrogens is 5. The third-order valence-corrected chi connectivity index (χ3v) is 31.1. The third-order valence-electron chi connectivity index (χ3n) is 25.3. The molecule has 5 aromatic rings. The molecular formula is C74H112N17O25PS3. The Bertz CT molecular complexity index is 5500. The van der Waals surface area contributed by atoms with E-state index < -0.39 is 173 Å². The highest BCUT2D eigenvalue weighted by Gasteiger charge is 2.69. The summed E-state index contributed by atoms with van der Waals surface area (Å²) in [6.45, 7) is 39.0. The van der Waals surface area contributed by atoms with Crippen molar-refractivity contribution in [3.63, 3.8) is 0 Å². The van der Waals surface area contributed by atoms with Crippen molar-refractivity contribution >= 4 is 38.6 Å². The summed E-state index contributed by atoms with van der Waals surface area (Å²) < 4.78 is 130. The van der Waals surface area contributed by atoms with Gasteiger partial charge in [0.1, 0.15) is 41.7 Å². The Morgan fingerprint density at radius 1 is 0.467 bits per heavy atom. The van der Waals surface area contributed by atoms with Crippen LogP contribution in [0.5, 0.6) is 0 Å². The van der Waals surface area contributed by atoms with E-state index >= 15 is 0 Å². The Labute approximate surface area is 692 Å². The van der Waals surface area contributed by atoms with E-state index in [2.05, 4.69) is 58.9 Å². The molecule has 0 spiro atoms. The van der Waals surface area contributed by atoms with Crippen LogP contribution in [0.15, 0.2) is 78.9 Å². The van der Waals surface area contributed by atoms with Crippen molar-refractivity contribution in [2.24, 2.45) is 11.8 Å². The van der Waals surface area contributed by atoms with Gasteiger partial charge in [-0.1, -0.05) is 48.5 Å². The van der Waals surface area contributed by atoms with Gasteiger partial charge in [0.25, 0.3) is 36.3 Å². The van der Waals surface area contributed by atoms with Crippen molar-refractivity contribution in [2.75, 3.05) is 64.6 Å². The molecular weight excluding hydrogens is 1650 g/mol. The van der Waals surface area contributed by atoms with E-state index in [9.17, 15) is 83.4 Å². The predicted octanol–water partition coefficient (Wildman–Crippen LogP) is -0.851. The van der Waals surface area contributed by atoms with E-state index in [0.717, 1.165) is 30.0 Å². The molecule has 0 aromatic carbocycles. The molecule has 120 heavy (non-hydrogen) atoms. The first-order valence-corrected chi connectivity index (χ1v) is 46.6. The number of aromatic amines is 5. The maximum atomic E-state index is 12.9. The fourth-order valence-electron chi connectivity index (χ4n) is 18.3. The van der Waals surface area contributed by atoms with Crippen LogP contribution in [-0.4, -0.2) is 254 Å². The van der Waals surface area contributed by atoms with Crippen LogP contribution in [-0.2, 0) is 62.8 Å². The van der Waals surface area contributed by atoms with Crippen molar-refractivity contribution in [1.29, 1.82) is 0 Å². The Kier molecular flexibility index (Phi) is 26.9. The molecule has 10 aliphatic rings. The Hall–Kier alpha value is -7.43. The van der Waals surface area contributed by atoms with Crippen molar-refractivity contribution in [3.05, 3.63) is 174 Å². The van der Waals surface area contributed by atoms with E-state index in [1.54, 1.807) is 40.8 Å². The van der Waals surface area contributed by atoms with Crippen molar-refractivity contribution in [1.82, 2.24) is 76.0 Å². The zero-order valence-electron chi connectivity index (χ0n) is 70.6. The lowest BCUT2D eigenvalue weighted by Gasteiger charge is -2.38. The van der Waals surface area contributed by atoms with Crippen LogP contribution in [0.2, 0.25) is 0 Å². The first kappa shape index (κ1) is 93.3. The number of hydrogen-bond donors (Lipinski definition) is 9. The van der Waals surface area contributed by atoms with Crippen LogP contribution in [0.25, 0.3) is 4.85 Å². The number of morpholine rings is 5. The number of aliphatic hydroxyl groups excluding tert-OH is 2. The Morgan fingerprint density at radius 2 is 0.783 bits per heavy atom.